The van der Waals surface area contributed by atoms with E-state index in [4.69, 9.17) is 0 Å². The topological polar surface area (TPSA) is 53.6 Å². The van der Waals surface area contributed by atoms with Crippen molar-refractivity contribution >= 4 is 11.5 Å². The van der Waals surface area contributed by atoms with Gasteiger partial charge in [-0.25, -0.2) is 0 Å². The fourth-order valence-electron chi connectivity index (χ4n) is 1.71. The molecule has 0 atom stereocenters. The maximum atomic E-state index is 4.27. The van der Waals surface area contributed by atoms with E-state index >= 15 is 0 Å². The van der Waals surface area contributed by atoms with Crippen molar-refractivity contribution in [2.45, 2.75) is 0 Å². The maximum Gasteiger partial charge on any atom is 0.152 e. The Kier molecular flexibility index (Phi) is 2.75. The zero-order chi connectivity index (χ0) is 12.2. The van der Waals surface area contributed by atoms with Gasteiger partial charge in [0.2, 0.25) is 0 Å². The molecule has 0 spiro atoms. The van der Waals surface area contributed by atoms with E-state index < -0.39 is 0 Å². The minimum Gasteiger partial charge on any atom is -0.339 e. The summed E-state index contributed by atoms with van der Waals surface area (Å²) in [5, 5.41) is 10.4. The van der Waals surface area contributed by atoms with Gasteiger partial charge in [-0.2, -0.15) is 5.10 Å². The van der Waals surface area contributed by atoms with E-state index in [9.17, 15) is 0 Å². The fraction of sp³-hybridized carbons (Fsp3) is 0. The number of nitrogens with one attached hydrogen (secondary N) is 2. The van der Waals surface area contributed by atoms with Crippen molar-refractivity contribution in [2.75, 3.05) is 5.32 Å². The van der Waals surface area contributed by atoms with Gasteiger partial charge in [-0.3, -0.25) is 10.1 Å². The molecule has 0 saturated carbocycles. The van der Waals surface area contributed by atoms with Gasteiger partial charge < -0.3 is 5.32 Å². The highest BCUT2D eigenvalue weighted by molar-refractivity contribution is 5.63. The van der Waals surface area contributed by atoms with Crippen LogP contribution in [0.2, 0.25) is 0 Å². The van der Waals surface area contributed by atoms with Crippen LogP contribution >= 0.6 is 0 Å². The Morgan fingerprint density at radius 2 is 1.78 bits per heavy atom. The SMILES string of the molecule is c1ccc(Nc2cc(-c3ccccn3)[nH]n2)cc1. The molecule has 0 amide bonds. The van der Waals surface area contributed by atoms with E-state index in [-0.39, 0.29) is 0 Å². The van der Waals surface area contributed by atoms with E-state index in [2.05, 4.69) is 20.5 Å². The molecule has 88 valence electrons. The van der Waals surface area contributed by atoms with Crippen molar-refractivity contribution in [1.29, 1.82) is 0 Å². The second-order valence-electron chi connectivity index (χ2n) is 3.87. The number of hydrogen-bond acceptors (Lipinski definition) is 3. The molecule has 0 unspecified atom stereocenters. The van der Waals surface area contributed by atoms with Gasteiger partial charge in [0.05, 0.1) is 11.4 Å². The highest BCUT2D eigenvalue weighted by atomic mass is 15.2. The molecule has 4 heteroatoms. The number of nitrogens with zero attached hydrogens (tertiary/aromatic N) is 2. The minimum atomic E-state index is 0.779. The first-order valence-electron chi connectivity index (χ1n) is 5.71. The second-order valence-corrected chi connectivity index (χ2v) is 3.87. The average Bonchev–Trinajstić information content (AvgIpc) is 2.89. The lowest BCUT2D eigenvalue weighted by Crippen LogP contribution is -1.88. The number of aromatic amines is 1. The smallest absolute Gasteiger partial charge is 0.152 e. The standard InChI is InChI=1S/C14H12N4/c1-2-6-11(7-3-1)16-14-10-13(17-18-14)12-8-4-5-9-15-12/h1-10H,(H2,16,17,18). The van der Waals surface area contributed by atoms with Crippen LogP contribution in [-0.4, -0.2) is 15.2 Å². The summed E-state index contributed by atoms with van der Waals surface area (Å²) < 4.78 is 0. The number of H-pyrrole nitrogens is 1. The Bertz CT molecular complexity index is 617. The predicted octanol–water partition coefficient (Wildman–Crippen LogP) is 3.22. The molecule has 0 saturated heterocycles. The van der Waals surface area contributed by atoms with Gasteiger partial charge in [-0.15, -0.1) is 0 Å². The normalized spacial score (nSPS) is 10.2. The number of pyridine rings is 1. The molecule has 3 rings (SSSR count). The van der Waals surface area contributed by atoms with Crippen LogP contribution in [0.15, 0.2) is 60.8 Å². The zero-order valence-electron chi connectivity index (χ0n) is 9.67. The van der Waals surface area contributed by atoms with Crippen molar-refractivity contribution in [3.8, 4) is 11.4 Å². The Labute approximate surface area is 105 Å². The molecule has 0 aliphatic heterocycles. The summed E-state index contributed by atoms with van der Waals surface area (Å²) in [6.07, 6.45) is 1.76. The molecule has 18 heavy (non-hydrogen) atoms. The highest BCUT2D eigenvalue weighted by Gasteiger charge is 2.03. The summed E-state index contributed by atoms with van der Waals surface area (Å²) in [6, 6.07) is 17.7. The Hall–Kier alpha value is -2.62. The zero-order valence-corrected chi connectivity index (χ0v) is 9.67. The van der Waals surface area contributed by atoms with Crippen LogP contribution in [0.25, 0.3) is 11.4 Å². The lowest BCUT2D eigenvalue weighted by atomic mass is 10.2. The first kappa shape index (κ1) is 10.5. The fourth-order valence-corrected chi connectivity index (χ4v) is 1.71. The average molecular weight is 236 g/mol. The molecule has 1 aromatic carbocycles. The van der Waals surface area contributed by atoms with Crippen LogP contribution in [0.4, 0.5) is 11.5 Å². The molecule has 0 aliphatic rings. The van der Waals surface area contributed by atoms with Crippen molar-refractivity contribution in [2.24, 2.45) is 0 Å². The van der Waals surface area contributed by atoms with Gasteiger partial charge >= 0.3 is 0 Å². The number of anilines is 2. The number of para-hydroxylation sites is 1. The van der Waals surface area contributed by atoms with Gasteiger partial charge in [0, 0.05) is 18.0 Å². The third kappa shape index (κ3) is 2.22. The van der Waals surface area contributed by atoms with E-state index in [1.54, 1.807) is 6.20 Å². The summed E-state index contributed by atoms with van der Waals surface area (Å²) in [4.78, 5) is 4.27. The quantitative estimate of drug-likeness (QED) is 0.734. The molecule has 0 bridgehead atoms. The molecule has 2 heterocycles. The maximum absolute atomic E-state index is 4.27. The Morgan fingerprint density at radius 3 is 2.56 bits per heavy atom. The van der Waals surface area contributed by atoms with Crippen molar-refractivity contribution < 1.29 is 0 Å². The monoisotopic (exact) mass is 236 g/mol. The van der Waals surface area contributed by atoms with Crippen LogP contribution in [0.1, 0.15) is 0 Å². The summed E-state index contributed by atoms with van der Waals surface area (Å²) in [5.74, 6) is 0.779. The number of benzene rings is 1. The van der Waals surface area contributed by atoms with Crippen LogP contribution in [0, 0.1) is 0 Å². The second kappa shape index (κ2) is 4.71. The van der Waals surface area contributed by atoms with Gasteiger partial charge in [0.1, 0.15) is 0 Å². The molecule has 0 fully saturated rings. The van der Waals surface area contributed by atoms with E-state index in [1.807, 2.05) is 54.6 Å². The number of hydrogen-bond donors (Lipinski definition) is 2. The van der Waals surface area contributed by atoms with E-state index in [0.29, 0.717) is 0 Å². The van der Waals surface area contributed by atoms with Crippen molar-refractivity contribution in [3.05, 3.63) is 60.8 Å². The van der Waals surface area contributed by atoms with E-state index in [0.717, 1.165) is 22.9 Å². The molecule has 0 radical (unpaired) electrons. The first-order valence-corrected chi connectivity index (χ1v) is 5.71. The van der Waals surface area contributed by atoms with Crippen molar-refractivity contribution in [3.63, 3.8) is 0 Å². The highest BCUT2D eigenvalue weighted by Crippen LogP contribution is 2.19. The summed E-state index contributed by atoms with van der Waals surface area (Å²) >= 11 is 0. The van der Waals surface area contributed by atoms with Gasteiger partial charge in [0.25, 0.3) is 0 Å². The van der Waals surface area contributed by atoms with Crippen molar-refractivity contribution in [1.82, 2.24) is 15.2 Å². The molecular formula is C14H12N4. The lowest BCUT2D eigenvalue weighted by molar-refractivity contribution is 1.09. The Morgan fingerprint density at radius 1 is 0.944 bits per heavy atom. The van der Waals surface area contributed by atoms with Gasteiger partial charge in [-0.05, 0) is 24.3 Å². The minimum absolute atomic E-state index is 0.779. The van der Waals surface area contributed by atoms with Crippen LogP contribution in [-0.2, 0) is 0 Å². The number of aromatic nitrogens is 3. The van der Waals surface area contributed by atoms with Crippen LogP contribution in [0.5, 0.6) is 0 Å². The summed E-state index contributed by atoms with van der Waals surface area (Å²) in [6.45, 7) is 0. The molecule has 4 nitrogen and oxygen atoms in total. The molecule has 2 aromatic heterocycles. The van der Waals surface area contributed by atoms with Crippen LogP contribution in [0.3, 0.4) is 0 Å². The van der Waals surface area contributed by atoms with Gasteiger partial charge in [-0.1, -0.05) is 24.3 Å². The summed E-state index contributed by atoms with van der Waals surface area (Å²) in [7, 11) is 0. The van der Waals surface area contributed by atoms with Gasteiger partial charge in [0.15, 0.2) is 5.82 Å². The predicted molar refractivity (Wildman–Crippen MR) is 71.5 cm³/mol. The van der Waals surface area contributed by atoms with E-state index in [1.165, 1.54) is 0 Å². The Balaban J connectivity index is 1.82. The third-order valence-electron chi connectivity index (χ3n) is 2.56. The van der Waals surface area contributed by atoms with Crippen LogP contribution < -0.4 is 5.32 Å². The summed E-state index contributed by atoms with van der Waals surface area (Å²) in [5.41, 5.74) is 2.79. The number of rotatable bonds is 3. The largest absolute Gasteiger partial charge is 0.339 e. The lowest BCUT2D eigenvalue weighted by Gasteiger charge is -2.00. The molecule has 3 aromatic rings. The molecular weight excluding hydrogens is 224 g/mol. The molecule has 2 N–H and O–H groups in total. The molecule has 0 aliphatic carbocycles. The first-order chi connectivity index (χ1) is 8.92. The third-order valence-corrected chi connectivity index (χ3v) is 2.56.